The van der Waals surface area contributed by atoms with E-state index in [1.165, 1.54) is 16.9 Å². The van der Waals surface area contributed by atoms with E-state index in [-0.39, 0.29) is 0 Å². The third kappa shape index (κ3) is 3.84. The number of rotatable bonds is 6. The van der Waals surface area contributed by atoms with Gasteiger partial charge in [0.05, 0.1) is 7.11 Å². The van der Waals surface area contributed by atoms with Crippen LogP contribution in [-0.2, 0) is 6.42 Å². The van der Waals surface area contributed by atoms with Gasteiger partial charge in [-0.05, 0) is 54.3 Å². The van der Waals surface area contributed by atoms with Gasteiger partial charge >= 0.3 is 0 Å². The number of methoxy groups -OCH3 is 1. The molecule has 3 nitrogen and oxygen atoms in total. The van der Waals surface area contributed by atoms with Gasteiger partial charge in [0, 0.05) is 24.5 Å². The molecule has 28 heavy (non-hydrogen) atoms. The van der Waals surface area contributed by atoms with E-state index < -0.39 is 0 Å². The van der Waals surface area contributed by atoms with Crippen LogP contribution in [-0.4, -0.2) is 26.4 Å². The Kier molecular flexibility index (Phi) is 5.52. The second-order valence-electron chi connectivity index (χ2n) is 7.50. The molecule has 144 valence electrons. The highest BCUT2D eigenvalue weighted by molar-refractivity contribution is 5.57. The lowest BCUT2D eigenvalue weighted by Gasteiger charge is -2.37. The molecular weight excluding hydrogens is 344 g/mol. The van der Waals surface area contributed by atoms with Crippen molar-refractivity contribution in [3.05, 3.63) is 90.5 Å². The van der Waals surface area contributed by atoms with Gasteiger partial charge in [-0.15, -0.1) is 0 Å². The van der Waals surface area contributed by atoms with Gasteiger partial charge in [0.25, 0.3) is 0 Å². The number of nitrogens with zero attached hydrogens (tertiary/aromatic N) is 2. The van der Waals surface area contributed by atoms with Gasteiger partial charge in [0.2, 0.25) is 0 Å². The Hall–Kier alpha value is -2.94. The average Bonchev–Trinajstić information content (AvgIpc) is 3.21. The summed E-state index contributed by atoms with van der Waals surface area (Å²) >= 11 is 0. The largest absolute Gasteiger partial charge is 0.497 e. The van der Waals surface area contributed by atoms with Crippen LogP contribution in [0.3, 0.4) is 0 Å². The van der Waals surface area contributed by atoms with Gasteiger partial charge in [0.1, 0.15) is 11.9 Å². The van der Waals surface area contributed by atoms with Crippen molar-refractivity contribution in [2.75, 3.05) is 30.0 Å². The van der Waals surface area contributed by atoms with Gasteiger partial charge < -0.3 is 14.5 Å². The van der Waals surface area contributed by atoms with Crippen LogP contribution in [0.15, 0.2) is 84.9 Å². The Labute approximate surface area is 168 Å². The summed E-state index contributed by atoms with van der Waals surface area (Å²) in [5.74, 6) is 1.38. The van der Waals surface area contributed by atoms with Gasteiger partial charge in [-0.25, -0.2) is 0 Å². The fourth-order valence-electron chi connectivity index (χ4n) is 4.30. The van der Waals surface area contributed by atoms with Gasteiger partial charge in [0.15, 0.2) is 0 Å². The van der Waals surface area contributed by atoms with Crippen LogP contribution < -0.4 is 14.5 Å². The van der Waals surface area contributed by atoms with Gasteiger partial charge in [-0.2, -0.15) is 0 Å². The number of ether oxygens (including phenoxy) is 1. The van der Waals surface area contributed by atoms with E-state index in [1.54, 1.807) is 7.11 Å². The van der Waals surface area contributed by atoms with Gasteiger partial charge in [-0.3, -0.25) is 0 Å². The van der Waals surface area contributed by atoms with Crippen molar-refractivity contribution in [1.29, 1.82) is 0 Å². The molecule has 4 rings (SSSR count). The highest BCUT2D eigenvalue weighted by Crippen LogP contribution is 2.33. The fourth-order valence-corrected chi connectivity index (χ4v) is 4.30. The number of para-hydroxylation sites is 2. The van der Waals surface area contributed by atoms with Crippen molar-refractivity contribution in [3.8, 4) is 5.75 Å². The maximum Gasteiger partial charge on any atom is 0.118 e. The van der Waals surface area contributed by atoms with Crippen LogP contribution >= 0.6 is 0 Å². The standard InChI is InChI=1S/C25H28N2O/c1-20(19-21-13-15-24(28-2)16-14-21)25-26(22-9-5-3-6-10-22)17-18-27(25)23-11-7-4-8-12-23/h3-16,20,25H,17-19H2,1-2H3. The number of anilines is 2. The Morgan fingerprint density at radius 2 is 1.29 bits per heavy atom. The number of hydrogen-bond acceptors (Lipinski definition) is 3. The minimum atomic E-state index is 0.326. The lowest BCUT2D eigenvalue weighted by Crippen LogP contribution is -2.44. The summed E-state index contributed by atoms with van der Waals surface area (Å²) in [6.45, 7) is 4.44. The topological polar surface area (TPSA) is 15.7 Å². The molecule has 0 aliphatic carbocycles. The van der Waals surface area contributed by atoms with Crippen molar-refractivity contribution in [3.63, 3.8) is 0 Å². The highest BCUT2D eigenvalue weighted by Gasteiger charge is 2.36. The highest BCUT2D eigenvalue weighted by atomic mass is 16.5. The van der Waals surface area contributed by atoms with Gasteiger partial charge in [-0.1, -0.05) is 55.5 Å². The Morgan fingerprint density at radius 1 is 0.786 bits per heavy atom. The molecule has 1 unspecified atom stereocenters. The first kappa shape index (κ1) is 18.4. The van der Waals surface area contributed by atoms with E-state index in [1.807, 2.05) is 0 Å². The molecule has 0 aromatic heterocycles. The maximum absolute atomic E-state index is 5.31. The average molecular weight is 373 g/mol. The molecular formula is C25H28N2O. The van der Waals surface area contributed by atoms with Crippen LogP contribution in [0.25, 0.3) is 0 Å². The molecule has 3 aromatic rings. The molecule has 1 heterocycles. The molecule has 1 fully saturated rings. The second-order valence-corrected chi connectivity index (χ2v) is 7.50. The molecule has 0 radical (unpaired) electrons. The van der Waals surface area contributed by atoms with Crippen LogP contribution in [0.4, 0.5) is 11.4 Å². The van der Waals surface area contributed by atoms with Crippen molar-refractivity contribution < 1.29 is 4.74 Å². The van der Waals surface area contributed by atoms with E-state index in [0.717, 1.165) is 25.3 Å². The molecule has 3 aromatic carbocycles. The summed E-state index contributed by atoms with van der Waals surface area (Å²) in [6, 6.07) is 30.1. The lowest BCUT2D eigenvalue weighted by atomic mass is 9.96. The smallest absolute Gasteiger partial charge is 0.118 e. The molecule has 3 heteroatoms. The number of hydrogen-bond donors (Lipinski definition) is 0. The maximum atomic E-state index is 5.31. The fraction of sp³-hybridized carbons (Fsp3) is 0.280. The van der Waals surface area contributed by atoms with Crippen LogP contribution in [0, 0.1) is 5.92 Å². The molecule has 0 amide bonds. The minimum Gasteiger partial charge on any atom is -0.497 e. The first-order valence-corrected chi connectivity index (χ1v) is 10.0. The number of benzene rings is 3. The molecule has 1 atom stereocenters. The summed E-state index contributed by atoms with van der Waals surface area (Å²) in [7, 11) is 1.71. The normalized spacial score (nSPS) is 15.6. The molecule has 1 aliphatic rings. The van der Waals surface area contributed by atoms with E-state index in [4.69, 9.17) is 4.74 Å². The van der Waals surface area contributed by atoms with Crippen molar-refractivity contribution in [2.45, 2.75) is 19.5 Å². The van der Waals surface area contributed by atoms with Crippen LogP contribution in [0.1, 0.15) is 12.5 Å². The molecule has 1 aliphatic heterocycles. The summed E-state index contributed by atoms with van der Waals surface area (Å²) in [6.07, 6.45) is 1.35. The Balaban J connectivity index is 1.62. The van der Waals surface area contributed by atoms with Crippen LogP contribution in [0.5, 0.6) is 5.75 Å². The van der Waals surface area contributed by atoms with Crippen molar-refractivity contribution in [1.82, 2.24) is 0 Å². The van der Waals surface area contributed by atoms with E-state index in [9.17, 15) is 0 Å². The first-order chi connectivity index (χ1) is 13.8. The third-order valence-electron chi connectivity index (χ3n) is 5.62. The summed E-state index contributed by atoms with van der Waals surface area (Å²) in [5, 5.41) is 0. The zero-order chi connectivity index (χ0) is 19.3. The SMILES string of the molecule is COc1ccc(CC(C)C2N(c3ccccc3)CCN2c2ccccc2)cc1. The third-order valence-corrected chi connectivity index (χ3v) is 5.62. The predicted octanol–water partition coefficient (Wildman–Crippen LogP) is 5.23. The molecule has 1 saturated heterocycles. The molecule has 0 N–H and O–H groups in total. The summed E-state index contributed by atoms with van der Waals surface area (Å²) in [4.78, 5) is 5.11. The predicted molar refractivity (Wildman–Crippen MR) is 117 cm³/mol. The quantitative estimate of drug-likeness (QED) is 0.589. The van der Waals surface area contributed by atoms with Crippen molar-refractivity contribution in [2.24, 2.45) is 5.92 Å². The monoisotopic (exact) mass is 372 g/mol. The zero-order valence-corrected chi connectivity index (χ0v) is 16.7. The molecule has 0 spiro atoms. The molecule has 0 bridgehead atoms. The Morgan fingerprint density at radius 3 is 1.75 bits per heavy atom. The zero-order valence-electron chi connectivity index (χ0n) is 16.7. The van der Waals surface area contributed by atoms with Crippen LogP contribution in [0.2, 0.25) is 0 Å². The van der Waals surface area contributed by atoms with Crippen molar-refractivity contribution >= 4 is 11.4 Å². The Bertz CT molecular complexity index is 817. The minimum absolute atomic E-state index is 0.326. The van der Waals surface area contributed by atoms with E-state index in [2.05, 4.69) is 102 Å². The lowest BCUT2D eigenvalue weighted by molar-refractivity contribution is 0.414. The second kappa shape index (κ2) is 8.39. The van der Waals surface area contributed by atoms with E-state index in [0.29, 0.717) is 12.1 Å². The first-order valence-electron chi connectivity index (χ1n) is 10.0. The van der Waals surface area contributed by atoms with E-state index >= 15 is 0 Å². The summed E-state index contributed by atoms with van der Waals surface area (Å²) in [5.41, 5.74) is 3.95. The molecule has 0 saturated carbocycles. The summed E-state index contributed by atoms with van der Waals surface area (Å²) < 4.78 is 5.31.